The minimum absolute atomic E-state index is 0.153. The number of aromatic nitrogens is 1. The molecule has 3 aromatic carbocycles. The van der Waals surface area contributed by atoms with Gasteiger partial charge in [-0.2, -0.15) is 0 Å². The first-order valence-corrected chi connectivity index (χ1v) is 9.41. The molecule has 0 spiro atoms. The van der Waals surface area contributed by atoms with Crippen molar-refractivity contribution in [2.24, 2.45) is 0 Å². The topological polar surface area (TPSA) is 22.1 Å². The van der Waals surface area contributed by atoms with Gasteiger partial charge in [0.15, 0.2) is 0 Å². The lowest BCUT2D eigenvalue weighted by Gasteiger charge is -2.18. The number of methoxy groups -OCH3 is 1. The standard InChI is InChI=1S/C23H19NOS/c1-25-21-10-4-8-19(14-21)23(20-9-5-13-24-16-20)26-22-12-11-17-6-2-3-7-18(17)15-22/h2-16,23H,1H3. The lowest BCUT2D eigenvalue weighted by molar-refractivity contribution is 0.414. The van der Waals surface area contributed by atoms with Gasteiger partial charge in [-0.1, -0.05) is 48.5 Å². The molecule has 0 aliphatic heterocycles. The van der Waals surface area contributed by atoms with Crippen LogP contribution in [0.2, 0.25) is 0 Å². The third-order valence-electron chi connectivity index (χ3n) is 4.36. The zero-order valence-corrected chi connectivity index (χ0v) is 15.3. The summed E-state index contributed by atoms with van der Waals surface area (Å²) in [5, 5.41) is 2.67. The Morgan fingerprint density at radius 2 is 1.65 bits per heavy atom. The van der Waals surface area contributed by atoms with Crippen molar-refractivity contribution in [1.29, 1.82) is 0 Å². The molecule has 1 unspecified atom stereocenters. The van der Waals surface area contributed by atoms with E-state index in [0.717, 1.165) is 5.75 Å². The van der Waals surface area contributed by atoms with Gasteiger partial charge in [-0.05, 0) is 52.2 Å². The van der Waals surface area contributed by atoms with E-state index in [1.807, 2.05) is 42.4 Å². The number of fused-ring (bicyclic) bond motifs is 1. The maximum absolute atomic E-state index is 5.42. The van der Waals surface area contributed by atoms with Crippen LogP contribution in [-0.2, 0) is 0 Å². The van der Waals surface area contributed by atoms with Gasteiger partial charge in [0.05, 0.1) is 12.4 Å². The summed E-state index contributed by atoms with van der Waals surface area (Å²) in [6.07, 6.45) is 3.75. The zero-order chi connectivity index (χ0) is 17.8. The van der Waals surface area contributed by atoms with E-state index in [4.69, 9.17) is 4.74 Å². The molecular weight excluding hydrogens is 338 g/mol. The Morgan fingerprint density at radius 1 is 0.808 bits per heavy atom. The van der Waals surface area contributed by atoms with Crippen LogP contribution in [0.5, 0.6) is 5.75 Å². The Labute approximate surface area is 157 Å². The van der Waals surface area contributed by atoms with Crippen molar-refractivity contribution in [3.63, 3.8) is 0 Å². The summed E-state index contributed by atoms with van der Waals surface area (Å²) < 4.78 is 5.42. The van der Waals surface area contributed by atoms with Crippen molar-refractivity contribution in [1.82, 2.24) is 4.98 Å². The Kier molecular flexibility index (Phi) is 4.89. The molecule has 0 aliphatic rings. The minimum Gasteiger partial charge on any atom is -0.497 e. The SMILES string of the molecule is COc1cccc(C(Sc2ccc3ccccc3c2)c2cccnc2)c1. The van der Waals surface area contributed by atoms with Crippen molar-refractivity contribution >= 4 is 22.5 Å². The van der Waals surface area contributed by atoms with E-state index < -0.39 is 0 Å². The second-order valence-corrected chi connectivity index (χ2v) is 7.25. The summed E-state index contributed by atoms with van der Waals surface area (Å²) in [5.41, 5.74) is 2.38. The summed E-state index contributed by atoms with van der Waals surface area (Å²) in [7, 11) is 1.70. The van der Waals surface area contributed by atoms with E-state index in [2.05, 4.69) is 65.6 Å². The second-order valence-electron chi connectivity index (χ2n) is 6.07. The molecule has 26 heavy (non-hydrogen) atoms. The van der Waals surface area contributed by atoms with Crippen LogP contribution in [0.3, 0.4) is 0 Å². The van der Waals surface area contributed by atoms with Crippen molar-refractivity contribution in [3.05, 3.63) is 102 Å². The maximum Gasteiger partial charge on any atom is 0.119 e. The highest BCUT2D eigenvalue weighted by Gasteiger charge is 2.17. The summed E-state index contributed by atoms with van der Waals surface area (Å²) in [6.45, 7) is 0. The van der Waals surface area contributed by atoms with Crippen LogP contribution in [0.4, 0.5) is 0 Å². The number of pyridine rings is 1. The molecule has 0 aliphatic carbocycles. The van der Waals surface area contributed by atoms with E-state index >= 15 is 0 Å². The summed E-state index contributed by atoms with van der Waals surface area (Å²) in [4.78, 5) is 5.56. The summed E-state index contributed by atoms with van der Waals surface area (Å²) >= 11 is 1.83. The average molecular weight is 357 g/mol. The largest absolute Gasteiger partial charge is 0.497 e. The van der Waals surface area contributed by atoms with Crippen LogP contribution in [0, 0.1) is 0 Å². The predicted molar refractivity (Wildman–Crippen MR) is 109 cm³/mol. The number of benzene rings is 3. The van der Waals surface area contributed by atoms with Crippen molar-refractivity contribution in [2.75, 3.05) is 7.11 Å². The molecule has 4 aromatic rings. The highest BCUT2D eigenvalue weighted by molar-refractivity contribution is 7.99. The molecule has 4 rings (SSSR count). The smallest absolute Gasteiger partial charge is 0.119 e. The van der Waals surface area contributed by atoms with Crippen LogP contribution < -0.4 is 4.74 Å². The van der Waals surface area contributed by atoms with Gasteiger partial charge in [-0.3, -0.25) is 4.98 Å². The van der Waals surface area contributed by atoms with Crippen molar-refractivity contribution in [3.8, 4) is 5.75 Å². The van der Waals surface area contributed by atoms with Gasteiger partial charge in [0.25, 0.3) is 0 Å². The molecule has 0 bridgehead atoms. The lowest BCUT2D eigenvalue weighted by Crippen LogP contribution is -1.98. The molecule has 0 saturated carbocycles. The molecule has 1 heterocycles. The molecule has 3 heteroatoms. The molecule has 0 saturated heterocycles. The number of rotatable bonds is 5. The van der Waals surface area contributed by atoms with Crippen LogP contribution in [0.1, 0.15) is 16.4 Å². The summed E-state index contributed by atoms with van der Waals surface area (Å²) in [6, 6.07) is 27.5. The van der Waals surface area contributed by atoms with Crippen LogP contribution in [0.25, 0.3) is 10.8 Å². The normalized spacial score (nSPS) is 12.0. The molecule has 0 amide bonds. The third kappa shape index (κ3) is 3.58. The number of ether oxygens (including phenoxy) is 1. The quantitative estimate of drug-likeness (QED) is 0.401. The highest BCUT2D eigenvalue weighted by Crippen LogP contribution is 2.41. The predicted octanol–water partition coefficient (Wildman–Crippen LogP) is 6.13. The number of thioether (sulfide) groups is 1. The molecule has 0 fully saturated rings. The first-order chi connectivity index (χ1) is 12.8. The molecule has 1 aromatic heterocycles. The Morgan fingerprint density at radius 3 is 2.46 bits per heavy atom. The fourth-order valence-corrected chi connectivity index (χ4v) is 4.21. The van der Waals surface area contributed by atoms with Gasteiger partial charge in [0.2, 0.25) is 0 Å². The molecule has 0 N–H and O–H groups in total. The van der Waals surface area contributed by atoms with E-state index in [1.165, 1.54) is 26.8 Å². The average Bonchev–Trinajstić information content (AvgIpc) is 2.72. The van der Waals surface area contributed by atoms with Gasteiger partial charge in [-0.25, -0.2) is 0 Å². The van der Waals surface area contributed by atoms with Crippen molar-refractivity contribution < 1.29 is 4.74 Å². The van der Waals surface area contributed by atoms with E-state index in [9.17, 15) is 0 Å². The molecule has 128 valence electrons. The summed E-state index contributed by atoms with van der Waals surface area (Å²) in [5.74, 6) is 0.871. The van der Waals surface area contributed by atoms with E-state index in [1.54, 1.807) is 7.11 Å². The van der Waals surface area contributed by atoms with Gasteiger partial charge >= 0.3 is 0 Å². The zero-order valence-electron chi connectivity index (χ0n) is 14.5. The number of hydrogen-bond acceptors (Lipinski definition) is 3. The number of hydrogen-bond donors (Lipinski definition) is 0. The highest BCUT2D eigenvalue weighted by atomic mass is 32.2. The first-order valence-electron chi connectivity index (χ1n) is 8.53. The Hall–Kier alpha value is -2.78. The van der Waals surface area contributed by atoms with Crippen LogP contribution >= 0.6 is 11.8 Å². The van der Waals surface area contributed by atoms with Gasteiger partial charge < -0.3 is 4.74 Å². The lowest BCUT2D eigenvalue weighted by atomic mass is 10.1. The fraction of sp³-hybridized carbons (Fsp3) is 0.0870. The minimum atomic E-state index is 0.153. The Bertz CT molecular complexity index is 1020. The molecule has 2 nitrogen and oxygen atoms in total. The van der Waals surface area contributed by atoms with E-state index in [-0.39, 0.29) is 5.25 Å². The fourth-order valence-electron chi connectivity index (χ4n) is 3.04. The van der Waals surface area contributed by atoms with E-state index in [0.29, 0.717) is 0 Å². The van der Waals surface area contributed by atoms with Gasteiger partial charge in [0.1, 0.15) is 5.75 Å². The van der Waals surface area contributed by atoms with Crippen LogP contribution in [-0.4, -0.2) is 12.1 Å². The van der Waals surface area contributed by atoms with Crippen LogP contribution in [0.15, 0.2) is 96.2 Å². The molecular formula is C23H19NOS. The molecule has 1 atom stereocenters. The second kappa shape index (κ2) is 7.63. The van der Waals surface area contributed by atoms with Gasteiger partial charge in [0, 0.05) is 17.3 Å². The Balaban J connectivity index is 1.74. The third-order valence-corrected chi connectivity index (χ3v) is 5.66. The monoisotopic (exact) mass is 357 g/mol. The van der Waals surface area contributed by atoms with Gasteiger partial charge in [-0.15, -0.1) is 11.8 Å². The number of nitrogens with zero attached hydrogens (tertiary/aromatic N) is 1. The molecule has 0 radical (unpaired) electrons. The van der Waals surface area contributed by atoms with Crippen molar-refractivity contribution in [2.45, 2.75) is 10.1 Å². The maximum atomic E-state index is 5.42. The first kappa shape index (κ1) is 16.7.